The Labute approximate surface area is 118 Å². The second-order valence-electron chi connectivity index (χ2n) is 4.33. The molecule has 1 unspecified atom stereocenters. The lowest BCUT2D eigenvalue weighted by Crippen LogP contribution is -2.13. The molecule has 106 valence electrons. The maximum Gasteiger partial charge on any atom is 0.295 e. The minimum Gasteiger partial charge on any atom is -0.387 e. The van der Waals surface area contributed by atoms with E-state index in [1.54, 1.807) is 11.4 Å². The smallest absolute Gasteiger partial charge is 0.295 e. The van der Waals surface area contributed by atoms with E-state index in [2.05, 4.69) is 5.32 Å². The Hall–Kier alpha value is -1.99. The fraction of sp³-hybridized carbons (Fsp3) is 0.231. The number of aliphatic hydroxyl groups excluding tert-OH is 1. The van der Waals surface area contributed by atoms with Crippen LogP contribution in [0.1, 0.15) is 17.2 Å². The first-order valence-electron chi connectivity index (χ1n) is 5.87. The van der Waals surface area contributed by atoms with Crippen molar-refractivity contribution < 1.29 is 14.4 Å². The number of benzene rings is 1. The van der Waals surface area contributed by atoms with Crippen LogP contribution in [0, 0.1) is 22.9 Å². The van der Waals surface area contributed by atoms with E-state index in [1.165, 1.54) is 24.3 Å². The molecule has 1 aromatic carbocycles. The Morgan fingerprint density at radius 2 is 2.30 bits per heavy atom. The molecule has 2 rings (SSSR count). The molecular weight excluding hydrogens is 283 g/mol. The third-order valence-electron chi connectivity index (χ3n) is 2.89. The average Bonchev–Trinajstić information content (AvgIpc) is 2.93. The quantitative estimate of drug-likeness (QED) is 0.656. The third kappa shape index (κ3) is 3.12. The molecule has 0 aliphatic heterocycles. The molecule has 2 N–H and O–H groups in total. The number of nitrogens with zero attached hydrogens (tertiary/aromatic N) is 1. The zero-order chi connectivity index (χ0) is 14.7. The summed E-state index contributed by atoms with van der Waals surface area (Å²) >= 11 is 1.46. The largest absolute Gasteiger partial charge is 0.387 e. The van der Waals surface area contributed by atoms with Crippen molar-refractivity contribution in [2.24, 2.45) is 0 Å². The zero-order valence-corrected chi connectivity index (χ0v) is 11.5. The monoisotopic (exact) mass is 296 g/mol. The van der Waals surface area contributed by atoms with Gasteiger partial charge < -0.3 is 10.4 Å². The summed E-state index contributed by atoms with van der Waals surface area (Å²) in [4.78, 5) is 10.2. The molecule has 0 spiro atoms. The number of hydrogen-bond acceptors (Lipinski definition) is 5. The number of nitro benzene ring substituents is 1. The van der Waals surface area contributed by atoms with Gasteiger partial charge >= 0.3 is 0 Å². The number of rotatable bonds is 5. The summed E-state index contributed by atoms with van der Waals surface area (Å²) in [6, 6.07) is 4.03. The Bertz CT molecular complexity index is 616. The van der Waals surface area contributed by atoms with Gasteiger partial charge in [-0.15, -0.1) is 0 Å². The molecule has 2 aromatic rings. The van der Waals surface area contributed by atoms with Gasteiger partial charge in [-0.05, 0) is 40.9 Å². The summed E-state index contributed by atoms with van der Waals surface area (Å²) in [5.74, 6) is -0.624. The first-order valence-corrected chi connectivity index (χ1v) is 6.82. The molecule has 0 aliphatic rings. The number of aryl methyl sites for hydroxylation is 1. The number of aliphatic hydroxyl groups is 1. The van der Waals surface area contributed by atoms with Crippen LogP contribution in [0.3, 0.4) is 0 Å². The van der Waals surface area contributed by atoms with Gasteiger partial charge in [-0.25, -0.2) is 4.39 Å². The van der Waals surface area contributed by atoms with Crippen molar-refractivity contribution in [1.29, 1.82) is 0 Å². The lowest BCUT2D eigenvalue weighted by atomic mass is 10.1. The van der Waals surface area contributed by atoms with E-state index in [0.717, 1.165) is 11.6 Å². The molecule has 1 atom stereocenters. The van der Waals surface area contributed by atoms with Crippen LogP contribution in [-0.4, -0.2) is 16.6 Å². The van der Waals surface area contributed by atoms with Crippen LogP contribution >= 0.6 is 11.3 Å². The van der Waals surface area contributed by atoms with Crippen molar-refractivity contribution in [3.8, 4) is 0 Å². The summed E-state index contributed by atoms with van der Waals surface area (Å²) < 4.78 is 13.4. The van der Waals surface area contributed by atoms with Gasteiger partial charge in [0.05, 0.1) is 17.1 Å². The minimum absolute atomic E-state index is 0.114. The highest BCUT2D eigenvalue weighted by Gasteiger charge is 2.18. The van der Waals surface area contributed by atoms with Crippen LogP contribution < -0.4 is 5.32 Å². The fourth-order valence-corrected chi connectivity index (χ4v) is 2.46. The Morgan fingerprint density at radius 1 is 1.55 bits per heavy atom. The average molecular weight is 296 g/mol. The van der Waals surface area contributed by atoms with E-state index < -0.39 is 16.8 Å². The number of nitro groups is 1. The van der Waals surface area contributed by atoms with Crippen LogP contribution in [-0.2, 0) is 0 Å². The second-order valence-corrected chi connectivity index (χ2v) is 5.11. The number of halogens is 1. The van der Waals surface area contributed by atoms with Gasteiger partial charge in [0, 0.05) is 6.54 Å². The maximum atomic E-state index is 13.4. The molecule has 0 saturated carbocycles. The molecule has 0 saturated heterocycles. The van der Waals surface area contributed by atoms with Crippen LogP contribution in [0.25, 0.3) is 0 Å². The highest BCUT2D eigenvalue weighted by atomic mass is 32.1. The summed E-state index contributed by atoms with van der Waals surface area (Å²) in [6.45, 7) is 1.64. The first kappa shape index (κ1) is 14.4. The van der Waals surface area contributed by atoms with Crippen molar-refractivity contribution in [1.82, 2.24) is 0 Å². The Morgan fingerprint density at radius 3 is 2.90 bits per heavy atom. The highest BCUT2D eigenvalue weighted by molar-refractivity contribution is 7.07. The van der Waals surface area contributed by atoms with Crippen molar-refractivity contribution >= 4 is 22.7 Å². The van der Waals surface area contributed by atoms with Gasteiger partial charge in [0.25, 0.3) is 5.69 Å². The van der Waals surface area contributed by atoms with Gasteiger partial charge in [-0.1, -0.05) is 0 Å². The third-order valence-corrected chi connectivity index (χ3v) is 3.59. The summed E-state index contributed by atoms with van der Waals surface area (Å²) in [6.07, 6.45) is -0.772. The predicted molar refractivity (Wildman–Crippen MR) is 75.6 cm³/mol. The SMILES string of the molecule is Cc1cc(NCC(O)c2ccsc2)c([N+](=O)[O-])cc1F. The summed E-state index contributed by atoms with van der Waals surface area (Å²) in [5, 5.41) is 27.3. The van der Waals surface area contributed by atoms with Crippen molar-refractivity contribution in [3.63, 3.8) is 0 Å². The maximum absolute atomic E-state index is 13.4. The summed E-state index contributed by atoms with van der Waals surface area (Å²) in [5.41, 5.74) is 0.904. The normalized spacial score (nSPS) is 12.2. The van der Waals surface area contributed by atoms with Crippen LogP contribution in [0.5, 0.6) is 0 Å². The van der Waals surface area contributed by atoms with Crippen LogP contribution in [0.15, 0.2) is 29.0 Å². The van der Waals surface area contributed by atoms with E-state index in [4.69, 9.17) is 0 Å². The number of thiophene rings is 1. The molecule has 20 heavy (non-hydrogen) atoms. The van der Waals surface area contributed by atoms with Gasteiger partial charge in [0.1, 0.15) is 11.5 Å². The van der Waals surface area contributed by atoms with Crippen LogP contribution in [0.4, 0.5) is 15.8 Å². The minimum atomic E-state index is -0.772. The zero-order valence-electron chi connectivity index (χ0n) is 10.7. The first-order chi connectivity index (χ1) is 9.49. The Balaban J connectivity index is 2.16. The van der Waals surface area contributed by atoms with Gasteiger partial charge in [0.2, 0.25) is 0 Å². The predicted octanol–water partition coefficient (Wildman–Crippen LogP) is 3.25. The molecule has 0 bridgehead atoms. The lowest BCUT2D eigenvalue weighted by Gasteiger charge is -2.12. The molecule has 0 radical (unpaired) electrons. The van der Waals surface area contributed by atoms with E-state index in [0.29, 0.717) is 5.56 Å². The van der Waals surface area contributed by atoms with Crippen molar-refractivity contribution in [2.75, 3.05) is 11.9 Å². The van der Waals surface area contributed by atoms with Crippen LogP contribution in [0.2, 0.25) is 0 Å². The molecule has 5 nitrogen and oxygen atoms in total. The van der Waals surface area contributed by atoms with E-state index >= 15 is 0 Å². The number of nitrogens with one attached hydrogen (secondary N) is 1. The number of hydrogen-bond donors (Lipinski definition) is 2. The topological polar surface area (TPSA) is 75.4 Å². The molecule has 1 heterocycles. The molecule has 7 heteroatoms. The molecule has 0 fully saturated rings. The highest BCUT2D eigenvalue weighted by Crippen LogP contribution is 2.28. The molecular formula is C13H13FN2O3S. The van der Waals surface area contributed by atoms with Crippen molar-refractivity contribution in [3.05, 3.63) is 56.0 Å². The van der Waals surface area contributed by atoms with E-state index in [-0.39, 0.29) is 17.9 Å². The summed E-state index contributed by atoms with van der Waals surface area (Å²) in [7, 11) is 0. The van der Waals surface area contributed by atoms with Crippen molar-refractivity contribution in [2.45, 2.75) is 13.0 Å². The standard InChI is InChI=1S/C13H13FN2O3S/c1-8-4-11(12(16(18)19)5-10(8)14)15-6-13(17)9-2-3-20-7-9/h2-5,7,13,15,17H,6H2,1H3. The number of anilines is 1. The van der Waals surface area contributed by atoms with E-state index in [9.17, 15) is 19.6 Å². The van der Waals surface area contributed by atoms with E-state index in [1.807, 2.05) is 5.38 Å². The second kappa shape index (κ2) is 5.98. The molecule has 0 amide bonds. The van der Waals surface area contributed by atoms with Gasteiger partial charge in [0.15, 0.2) is 0 Å². The Kier molecular flexibility index (Phi) is 4.31. The lowest BCUT2D eigenvalue weighted by molar-refractivity contribution is -0.384. The van der Waals surface area contributed by atoms with Gasteiger partial charge in [-0.2, -0.15) is 11.3 Å². The molecule has 1 aromatic heterocycles. The van der Waals surface area contributed by atoms with Gasteiger partial charge in [-0.3, -0.25) is 10.1 Å². The fourth-order valence-electron chi connectivity index (χ4n) is 1.75. The molecule has 0 aliphatic carbocycles.